The molecule has 0 aliphatic rings. The van der Waals surface area contributed by atoms with Gasteiger partial charge < -0.3 is 4.74 Å². The molecule has 0 saturated heterocycles. The predicted octanol–water partition coefficient (Wildman–Crippen LogP) is 5.15. The van der Waals surface area contributed by atoms with Crippen LogP contribution in [-0.4, -0.2) is 17.1 Å². The van der Waals surface area contributed by atoms with Gasteiger partial charge in [-0.05, 0) is 44.0 Å². The number of aryl methyl sites for hydroxylation is 3. The smallest absolute Gasteiger partial charge is 0.124 e. The van der Waals surface area contributed by atoms with Gasteiger partial charge in [-0.2, -0.15) is 0 Å². The number of nitrogens with zero attached hydrogens (tertiary/aromatic N) is 2. The van der Waals surface area contributed by atoms with E-state index >= 15 is 0 Å². The summed E-state index contributed by atoms with van der Waals surface area (Å²) in [4.78, 5) is 7.86. The molecule has 3 nitrogen and oxygen atoms in total. The fourth-order valence-electron chi connectivity index (χ4n) is 1.23. The zero-order chi connectivity index (χ0) is 16.7. The minimum absolute atomic E-state index is 0.894. The molecule has 0 N–H and O–H groups in total. The molecule has 3 heteroatoms. The highest BCUT2D eigenvalue weighted by Crippen LogP contribution is 2.12. The van der Waals surface area contributed by atoms with Crippen LogP contribution in [0.5, 0.6) is 5.75 Å². The summed E-state index contributed by atoms with van der Waals surface area (Å²) in [6.07, 6.45) is 7.17. The van der Waals surface area contributed by atoms with Gasteiger partial charge in [-0.1, -0.05) is 27.7 Å². The first-order valence-electron chi connectivity index (χ1n) is 7.47. The largest absolute Gasteiger partial charge is 0.496 e. The fourth-order valence-corrected chi connectivity index (χ4v) is 1.23. The first kappa shape index (κ1) is 21.4. The van der Waals surface area contributed by atoms with Crippen LogP contribution in [0.1, 0.15) is 44.4 Å². The number of ether oxygens (including phenoxy) is 1. The molecule has 0 unspecified atom stereocenters. The highest BCUT2D eigenvalue weighted by molar-refractivity contribution is 5.27. The predicted molar refractivity (Wildman–Crippen MR) is 91.9 cm³/mol. The van der Waals surface area contributed by atoms with Crippen molar-refractivity contribution in [1.29, 1.82) is 0 Å². The summed E-state index contributed by atoms with van der Waals surface area (Å²) in [6.45, 7) is 14.1. The molecule has 0 saturated carbocycles. The van der Waals surface area contributed by atoms with Crippen molar-refractivity contribution in [2.24, 2.45) is 0 Å². The van der Waals surface area contributed by atoms with Crippen LogP contribution in [0.25, 0.3) is 0 Å². The number of hydrogen-bond donors (Lipinski definition) is 0. The lowest BCUT2D eigenvalue weighted by atomic mass is 10.2. The average molecular weight is 290 g/mol. The van der Waals surface area contributed by atoms with E-state index < -0.39 is 0 Å². The first-order chi connectivity index (χ1) is 10.1. The molecule has 2 aromatic heterocycles. The molecule has 0 atom stereocenters. The van der Waals surface area contributed by atoms with Crippen LogP contribution in [0.3, 0.4) is 0 Å². The summed E-state index contributed by atoms with van der Waals surface area (Å²) in [5.41, 5.74) is 3.63. The molecule has 0 radical (unpaired) electrons. The maximum absolute atomic E-state index is 5.00. The molecular weight excluding hydrogens is 260 g/mol. The molecule has 2 aromatic rings. The second kappa shape index (κ2) is 14.5. The number of methoxy groups -OCH3 is 1. The van der Waals surface area contributed by atoms with Crippen LogP contribution in [0.4, 0.5) is 0 Å². The van der Waals surface area contributed by atoms with Gasteiger partial charge in [-0.25, -0.2) is 0 Å². The topological polar surface area (TPSA) is 35.0 Å². The summed E-state index contributed by atoms with van der Waals surface area (Å²) in [7, 11) is 1.66. The number of aromatic nitrogens is 2. The lowest BCUT2D eigenvalue weighted by Crippen LogP contribution is -1.86. The minimum Gasteiger partial charge on any atom is -0.496 e. The monoisotopic (exact) mass is 290 g/mol. The lowest BCUT2D eigenvalue weighted by molar-refractivity contribution is 0.411. The average Bonchev–Trinajstić information content (AvgIpc) is 2.55. The van der Waals surface area contributed by atoms with Crippen molar-refractivity contribution in [3.8, 4) is 5.75 Å². The molecule has 2 rings (SSSR count). The molecule has 0 aliphatic carbocycles. The van der Waals surface area contributed by atoms with Gasteiger partial charge in [0.15, 0.2) is 0 Å². The maximum Gasteiger partial charge on any atom is 0.124 e. The number of pyridine rings is 2. The van der Waals surface area contributed by atoms with Gasteiger partial charge in [0.05, 0.1) is 7.11 Å². The van der Waals surface area contributed by atoms with Crippen LogP contribution in [0.15, 0.2) is 36.9 Å². The van der Waals surface area contributed by atoms with Crippen molar-refractivity contribution in [3.05, 3.63) is 53.6 Å². The van der Waals surface area contributed by atoms with E-state index in [2.05, 4.69) is 23.8 Å². The van der Waals surface area contributed by atoms with Crippen molar-refractivity contribution in [2.75, 3.05) is 7.11 Å². The Kier molecular flexibility index (Phi) is 14.8. The van der Waals surface area contributed by atoms with Crippen LogP contribution in [-0.2, 0) is 0 Å². The SMILES string of the molecule is CC.CC.COc1ccncc1C.Cc1ccncc1C. The van der Waals surface area contributed by atoms with Gasteiger partial charge in [0, 0.05) is 30.4 Å². The molecular formula is C18H30N2O. The van der Waals surface area contributed by atoms with Crippen LogP contribution in [0, 0.1) is 20.8 Å². The third kappa shape index (κ3) is 9.61. The van der Waals surface area contributed by atoms with E-state index in [1.54, 1.807) is 19.5 Å². The lowest BCUT2D eigenvalue weighted by Gasteiger charge is -2.00. The van der Waals surface area contributed by atoms with Gasteiger partial charge in [0.25, 0.3) is 0 Å². The van der Waals surface area contributed by atoms with E-state index in [1.165, 1.54) is 11.1 Å². The number of hydrogen-bond acceptors (Lipinski definition) is 3. The van der Waals surface area contributed by atoms with E-state index in [0.29, 0.717) is 0 Å². The molecule has 0 amide bonds. The van der Waals surface area contributed by atoms with Gasteiger partial charge in [-0.15, -0.1) is 0 Å². The summed E-state index contributed by atoms with van der Waals surface area (Å²) >= 11 is 0. The third-order valence-corrected chi connectivity index (χ3v) is 2.49. The number of rotatable bonds is 1. The van der Waals surface area contributed by atoms with E-state index in [9.17, 15) is 0 Å². The Labute approximate surface area is 130 Å². The van der Waals surface area contributed by atoms with E-state index in [0.717, 1.165) is 11.3 Å². The first-order valence-corrected chi connectivity index (χ1v) is 7.47. The molecule has 21 heavy (non-hydrogen) atoms. The molecule has 0 aliphatic heterocycles. The summed E-state index contributed by atoms with van der Waals surface area (Å²) in [6, 6.07) is 3.85. The maximum atomic E-state index is 5.00. The van der Waals surface area contributed by atoms with Crippen molar-refractivity contribution in [3.63, 3.8) is 0 Å². The molecule has 0 bridgehead atoms. The summed E-state index contributed by atoms with van der Waals surface area (Å²) in [5.74, 6) is 0.894. The molecule has 0 spiro atoms. The highest BCUT2D eigenvalue weighted by atomic mass is 16.5. The van der Waals surface area contributed by atoms with E-state index in [4.69, 9.17) is 4.74 Å². The molecule has 118 valence electrons. The quantitative estimate of drug-likeness (QED) is 0.728. The van der Waals surface area contributed by atoms with Gasteiger partial charge in [-0.3, -0.25) is 9.97 Å². The van der Waals surface area contributed by atoms with Crippen molar-refractivity contribution < 1.29 is 4.74 Å². The zero-order valence-electron chi connectivity index (χ0n) is 14.8. The van der Waals surface area contributed by atoms with Crippen molar-refractivity contribution >= 4 is 0 Å². The third-order valence-electron chi connectivity index (χ3n) is 2.49. The second-order valence-corrected chi connectivity index (χ2v) is 3.81. The Balaban J connectivity index is 0. The summed E-state index contributed by atoms with van der Waals surface area (Å²) < 4.78 is 5.00. The van der Waals surface area contributed by atoms with Crippen LogP contribution < -0.4 is 4.74 Å². The Morgan fingerprint density at radius 1 is 0.714 bits per heavy atom. The fraction of sp³-hybridized carbons (Fsp3) is 0.444. The Bertz CT molecular complexity index is 449. The van der Waals surface area contributed by atoms with Crippen LogP contribution in [0.2, 0.25) is 0 Å². The second-order valence-electron chi connectivity index (χ2n) is 3.81. The normalized spacial score (nSPS) is 8.00. The van der Waals surface area contributed by atoms with Gasteiger partial charge >= 0.3 is 0 Å². The Hall–Kier alpha value is -1.90. The Morgan fingerprint density at radius 2 is 1.19 bits per heavy atom. The molecule has 0 fully saturated rings. The molecule has 2 heterocycles. The van der Waals surface area contributed by atoms with Gasteiger partial charge in [0.2, 0.25) is 0 Å². The zero-order valence-corrected chi connectivity index (χ0v) is 14.8. The summed E-state index contributed by atoms with van der Waals surface area (Å²) in [5, 5.41) is 0. The van der Waals surface area contributed by atoms with E-state index in [1.807, 2.05) is 59.1 Å². The van der Waals surface area contributed by atoms with E-state index in [-0.39, 0.29) is 0 Å². The highest BCUT2D eigenvalue weighted by Gasteiger charge is 1.92. The Morgan fingerprint density at radius 3 is 1.48 bits per heavy atom. The standard InChI is InChI=1S/C7H9NO.C7H9N.2C2H6/c1-6-5-8-4-3-7(6)9-2;1-6-3-4-8-5-7(6)2;2*1-2/h3-5H,1-2H3;3-5H,1-2H3;2*1-2H3. The van der Waals surface area contributed by atoms with Crippen LogP contribution >= 0.6 is 0 Å². The molecule has 0 aromatic carbocycles. The van der Waals surface area contributed by atoms with Crippen molar-refractivity contribution in [1.82, 2.24) is 9.97 Å². The van der Waals surface area contributed by atoms with Crippen molar-refractivity contribution in [2.45, 2.75) is 48.5 Å². The minimum atomic E-state index is 0.894. The van der Waals surface area contributed by atoms with Gasteiger partial charge in [0.1, 0.15) is 5.75 Å².